The third-order valence-corrected chi connectivity index (χ3v) is 21.3. The summed E-state index contributed by atoms with van der Waals surface area (Å²) in [5.41, 5.74) is 4.18. The minimum atomic E-state index is -0.932. The number of hydrogen-bond acceptors (Lipinski definition) is 16. The van der Waals surface area contributed by atoms with Gasteiger partial charge in [0, 0.05) is 100 Å². The van der Waals surface area contributed by atoms with Crippen molar-refractivity contribution in [2.45, 2.75) is 197 Å². The van der Waals surface area contributed by atoms with Crippen LogP contribution in [0.25, 0.3) is 5.57 Å². The highest BCUT2D eigenvalue weighted by molar-refractivity contribution is 8.02. The number of nitrogens with zero attached hydrogens (tertiary/aromatic N) is 6. The molecule has 4 heterocycles. The Balaban J connectivity index is 0.781. The first-order valence-electron chi connectivity index (χ1n) is 35.6. The normalized spacial score (nSPS) is 19.0. The van der Waals surface area contributed by atoms with Crippen molar-refractivity contribution in [1.29, 1.82) is 0 Å². The summed E-state index contributed by atoms with van der Waals surface area (Å²) in [5.74, 6) is -0.0610. The molecule has 8 rings (SSSR count). The van der Waals surface area contributed by atoms with Gasteiger partial charge in [-0.25, -0.2) is 0 Å². The Morgan fingerprint density at radius 1 is 0.776 bits per heavy atom. The van der Waals surface area contributed by atoms with E-state index in [1.165, 1.54) is 82.4 Å². The highest BCUT2D eigenvalue weighted by Gasteiger charge is 2.44. The standard InChI is InChI=1S/C76H108N10O11S/c1-12-14-22-31-68(84-39-37-82(8)38-40-84)83(9)61-47-65(63(95-11)45-59(61)72(90)77-13-2)97-42-27-41-96-64-46-60-58(44-62(64)94-10)74(92)86-50-54(43-57(86)49-78-60)53-32-34-56(35-33-53)80-71(89)52(5)79-73(91)70(51(3)4)81-67(87)30-25-21-26-36-85-69(88)48-66(75(85)93)98-76(6,7)55-28-23-19-17-15-16-18-20-24-29-55/h12-13,32-35,44-47,49-52,55,57,66,68,70H,1-2,14-31,36-43,48H2,3-11H3,(H,77,90)(H,79,91)(H,80,89)(H,81,87)/t52-,57-,66?,68?,70-/m0/s1. The molecule has 98 heavy (non-hydrogen) atoms. The number of rotatable bonds is 33. The zero-order valence-electron chi connectivity index (χ0n) is 59.6. The molecule has 21 nitrogen and oxygen atoms in total. The van der Waals surface area contributed by atoms with Gasteiger partial charge in [-0.3, -0.25) is 48.4 Å². The van der Waals surface area contributed by atoms with Gasteiger partial charge in [-0.15, -0.1) is 18.3 Å². The van der Waals surface area contributed by atoms with E-state index in [0.29, 0.717) is 95.8 Å². The van der Waals surface area contributed by atoms with E-state index in [2.05, 4.69) is 70.0 Å². The number of benzene rings is 3. The molecular formula is C76H108N10O11S. The molecule has 3 fully saturated rings. The van der Waals surface area contributed by atoms with E-state index < -0.39 is 23.9 Å². The van der Waals surface area contributed by atoms with Gasteiger partial charge in [0.2, 0.25) is 29.5 Å². The number of aliphatic imine (C=N–C) groups is 1. The lowest BCUT2D eigenvalue weighted by Gasteiger charge is -2.43. The molecule has 4 aliphatic heterocycles. The number of unbranched alkanes of at least 4 members (excludes halogenated alkanes) is 3. The molecule has 3 aromatic rings. The predicted molar refractivity (Wildman–Crippen MR) is 390 cm³/mol. The molecule has 2 saturated heterocycles. The molecule has 5 atom stereocenters. The second kappa shape index (κ2) is 36.9. The molecule has 534 valence electrons. The molecule has 7 amide bonds. The molecule has 0 bridgehead atoms. The highest BCUT2D eigenvalue weighted by Crippen LogP contribution is 2.45. The lowest BCUT2D eigenvalue weighted by atomic mass is 9.85. The van der Waals surface area contributed by atoms with Crippen LogP contribution in [0.3, 0.4) is 0 Å². The first kappa shape index (κ1) is 76.1. The van der Waals surface area contributed by atoms with Gasteiger partial charge in [-0.05, 0) is 112 Å². The molecule has 4 N–H and O–H groups in total. The Kier molecular flexibility index (Phi) is 28.7. The van der Waals surface area contributed by atoms with Gasteiger partial charge in [0.1, 0.15) is 12.1 Å². The fourth-order valence-electron chi connectivity index (χ4n) is 13.8. The zero-order chi connectivity index (χ0) is 70.5. The minimum absolute atomic E-state index is 0.0170. The van der Waals surface area contributed by atoms with Gasteiger partial charge < -0.3 is 54.9 Å². The van der Waals surface area contributed by atoms with E-state index in [0.717, 1.165) is 56.6 Å². The Hall–Kier alpha value is -7.69. The van der Waals surface area contributed by atoms with Crippen molar-refractivity contribution in [2.75, 3.05) is 84.5 Å². The third kappa shape index (κ3) is 20.5. The van der Waals surface area contributed by atoms with Crippen molar-refractivity contribution in [3.63, 3.8) is 0 Å². The van der Waals surface area contributed by atoms with Crippen LogP contribution in [0.5, 0.6) is 23.0 Å². The van der Waals surface area contributed by atoms with Crippen LogP contribution in [0.1, 0.15) is 189 Å². The first-order chi connectivity index (χ1) is 47.1. The van der Waals surface area contributed by atoms with Crippen molar-refractivity contribution in [3.05, 3.63) is 96.9 Å². The van der Waals surface area contributed by atoms with Crippen LogP contribution in [0.2, 0.25) is 0 Å². The Morgan fingerprint density at radius 2 is 1.43 bits per heavy atom. The highest BCUT2D eigenvalue weighted by atomic mass is 32.2. The van der Waals surface area contributed by atoms with Crippen LogP contribution >= 0.6 is 11.8 Å². The summed E-state index contributed by atoms with van der Waals surface area (Å²) in [7, 11) is 7.22. The summed E-state index contributed by atoms with van der Waals surface area (Å²) in [6.07, 6.45) is 25.3. The van der Waals surface area contributed by atoms with Crippen LogP contribution in [0, 0.1) is 11.8 Å². The van der Waals surface area contributed by atoms with Crippen LogP contribution in [0.4, 0.5) is 17.1 Å². The number of carbonyl (C=O) groups is 7. The van der Waals surface area contributed by atoms with E-state index >= 15 is 0 Å². The summed E-state index contributed by atoms with van der Waals surface area (Å²) in [6.45, 7) is 21.9. The summed E-state index contributed by atoms with van der Waals surface area (Å²) >= 11 is 1.69. The molecule has 0 radical (unpaired) electrons. The number of ether oxygens (including phenoxy) is 4. The van der Waals surface area contributed by atoms with Gasteiger partial charge in [0.25, 0.3) is 11.8 Å². The van der Waals surface area contributed by atoms with Gasteiger partial charge in [0.15, 0.2) is 23.0 Å². The van der Waals surface area contributed by atoms with E-state index in [4.69, 9.17) is 23.9 Å². The second-order valence-electron chi connectivity index (χ2n) is 27.6. The van der Waals surface area contributed by atoms with Crippen molar-refractivity contribution >= 4 is 82.0 Å². The molecule has 1 saturated carbocycles. The molecule has 2 unspecified atom stereocenters. The van der Waals surface area contributed by atoms with E-state index in [1.807, 2.05) is 51.4 Å². The van der Waals surface area contributed by atoms with Gasteiger partial charge in [0.05, 0.1) is 67.4 Å². The van der Waals surface area contributed by atoms with Crippen molar-refractivity contribution in [1.82, 2.24) is 35.6 Å². The summed E-state index contributed by atoms with van der Waals surface area (Å²) in [5, 5.41) is 10.9. The number of nitrogens with one attached hydrogen (secondary N) is 4. The number of carbonyl (C=O) groups excluding carboxylic acids is 7. The number of fused-ring (bicyclic) bond motifs is 2. The van der Waals surface area contributed by atoms with E-state index in [9.17, 15) is 33.6 Å². The quantitative estimate of drug-likeness (QED) is 0.0252. The fourth-order valence-corrected chi connectivity index (χ4v) is 15.4. The average molecular weight is 1370 g/mol. The third-order valence-electron chi connectivity index (χ3n) is 19.7. The fraction of sp³-hybridized carbons (Fsp3) is 0.579. The van der Waals surface area contributed by atoms with Gasteiger partial charge >= 0.3 is 0 Å². The number of thioether (sulfide) groups is 1. The molecule has 0 aromatic heterocycles. The summed E-state index contributed by atoms with van der Waals surface area (Å²) in [6, 6.07) is 12.0. The Bertz CT molecular complexity index is 3320. The molecule has 1 aliphatic carbocycles. The van der Waals surface area contributed by atoms with Gasteiger partial charge in [-0.1, -0.05) is 110 Å². The maximum absolute atomic E-state index is 14.3. The molecular weight excluding hydrogens is 1260 g/mol. The van der Waals surface area contributed by atoms with E-state index in [1.54, 1.807) is 67.2 Å². The number of anilines is 2. The topological polar surface area (TPSA) is 233 Å². The number of methoxy groups -OCH3 is 2. The first-order valence-corrected chi connectivity index (χ1v) is 36.5. The molecule has 0 spiro atoms. The smallest absolute Gasteiger partial charge is 0.260 e. The molecule has 5 aliphatic rings. The maximum Gasteiger partial charge on any atom is 0.260 e. The summed E-state index contributed by atoms with van der Waals surface area (Å²) in [4.78, 5) is 110. The zero-order valence-corrected chi connectivity index (χ0v) is 60.4. The second-order valence-corrected chi connectivity index (χ2v) is 29.5. The minimum Gasteiger partial charge on any atom is -0.493 e. The number of imide groups is 1. The number of hydrogen-bond donors (Lipinski definition) is 4. The maximum atomic E-state index is 14.3. The van der Waals surface area contributed by atoms with Crippen molar-refractivity contribution < 1.29 is 52.5 Å². The number of piperazine rings is 1. The lowest BCUT2D eigenvalue weighted by Crippen LogP contribution is -2.54. The van der Waals surface area contributed by atoms with E-state index in [-0.39, 0.29) is 83.7 Å². The molecule has 3 aromatic carbocycles. The Morgan fingerprint density at radius 3 is 2.07 bits per heavy atom. The van der Waals surface area contributed by atoms with Crippen LogP contribution in [0.15, 0.2) is 85.2 Å². The van der Waals surface area contributed by atoms with Crippen LogP contribution < -0.4 is 45.1 Å². The largest absolute Gasteiger partial charge is 0.493 e. The summed E-state index contributed by atoms with van der Waals surface area (Å²) < 4.78 is 24.1. The number of likely N-dealkylation sites (tertiary alicyclic amines) is 1. The SMILES string of the molecule is C=CCCCC(N1CCN(C)CC1)N(C)c1cc(OCCCOc2cc3c(cc2OC)C(=O)N2C=C(c4ccc(NC(=O)[C@H](C)NC(=O)[C@@H](NC(=O)CCCCCN5C(=O)CC(SC(C)(C)C6CCCCCCCCCC6)C5=O)C(C)C)cc4)C[C@H]2C=N3)c(OC)cc1C(=O)NC=C. The monoisotopic (exact) mass is 1370 g/mol. The van der Waals surface area contributed by atoms with Crippen molar-refractivity contribution in [2.24, 2.45) is 16.8 Å². The van der Waals surface area contributed by atoms with Crippen LogP contribution in [-0.2, 0) is 24.0 Å². The number of allylic oxidation sites excluding steroid dienone is 1. The number of likely N-dealkylation sites (N-methyl/N-ethyl adjacent to an activating group) is 1. The molecule has 22 heteroatoms. The van der Waals surface area contributed by atoms with Crippen LogP contribution in [-0.4, -0.2) is 176 Å². The average Bonchev–Trinajstić information content (AvgIpc) is 1.43. The Labute approximate surface area is 585 Å². The number of amides is 7. The van der Waals surface area contributed by atoms with Crippen molar-refractivity contribution in [3.8, 4) is 23.0 Å². The lowest BCUT2D eigenvalue weighted by molar-refractivity contribution is -0.138. The predicted octanol–water partition coefficient (Wildman–Crippen LogP) is 12.1. The van der Waals surface area contributed by atoms with Gasteiger partial charge in [-0.2, -0.15) is 0 Å².